The molecule has 4 nitrogen and oxygen atoms in total. The number of benzene rings is 2. The Morgan fingerprint density at radius 3 is 2.46 bits per heavy atom. The highest BCUT2D eigenvalue weighted by Gasteiger charge is 2.13. The monoisotopic (exact) mass is 361 g/mol. The predicted octanol–water partition coefficient (Wildman–Crippen LogP) is 4.68. The number of nitrogens with one attached hydrogen (secondary N) is 3. The van der Waals surface area contributed by atoms with Crippen molar-refractivity contribution in [2.75, 3.05) is 10.6 Å². The van der Waals surface area contributed by atoms with Gasteiger partial charge in [-0.2, -0.15) is 0 Å². The highest BCUT2D eigenvalue weighted by atomic mass is 35.5. The zero-order valence-electron chi connectivity index (χ0n) is 13.6. The van der Waals surface area contributed by atoms with Crippen LogP contribution in [0, 0.1) is 0 Å². The van der Waals surface area contributed by atoms with Crippen LogP contribution in [0.4, 0.5) is 11.4 Å². The third-order valence-corrected chi connectivity index (χ3v) is 3.97. The first kappa shape index (κ1) is 18.2. The lowest BCUT2D eigenvalue weighted by atomic mass is 10.1. The molecule has 2 aromatic rings. The topological polar surface area (TPSA) is 53.2 Å². The van der Waals surface area contributed by atoms with Gasteiger partial charge in [0.25, 0.3) is 5.91 Å². The van der Waals surface area contributed by atoms with Crippen LogP contribution >= 0.6 is 23.8 Å². The second-order valence-corrected chi connectivity index (χ2v) is 6.26. The summed E-state index contributed by atoms with van der Waals surface area (Å²) in [5.41, 5.74) is 2.03. The largest absolute Gasteiger partial charge is 0.350 e. The molecule has 2 aromatic carbocycles. The summed E-state index contributed by atoms with van der Waals surface area (Å²) in [6.07, 6.45) is 0.873. The Morgan fingerprint density at radius 2 is 1.79 bits per heavy atom. The van der Waals surface area contributed by atoms with Crippen molar-refractivity contribution >= 4 is 46.2 Å². The first-order chi connectivity index (χ1) is 11.5. The maximum atomic E-state index is 12.4. The van der Waals surface area contributed by atoms with Gasteiger partial charge in [-0.05, 0) is 62.0 Å². The Morgan fingerprint density at radius 1 is 1.12 bits per heavy atom. The van der Waals surface area contributed by atoms with E-state index < -0.39 is 0 Å². The van der Waals surface area contributed by atoms with Gasteiger partial charge >= 0.3 is 0 Å². The average Bonchev–Trinajstić information content (AvgIpc) is 2.57. The van der Waals surface area contributed by atoms with Crippen molar-refractivity contribution in [2.24, 2.45) is 0 Å². The van der Waals surface area contributed by atoms with Crippen molar-refractivity contribution in [1.29, 1.82) is 0 Å². The van der Waals surface area contributed by atoms with Gasteiger partial charge in [-0.1, -0.05) is 30.7 Å². The summed E-state index contributed by atoms with van der Waals surface area (Å²) >= 11 is 11.2. The second kappa shape index (κ2) is 8.66. The smallest absolute Gasteiger partial charge is 0.253 e. The predicted molar refractivity (Wildman–Crippen MR) is 105 cm³/mol. The minimum Gasteiger partial charge on any atom is -0.350 e. The molecular weight excluding hydrogens is 342 g/mol. The maximum absolute atomic E-state index is 12.4. The molecule has 1 atom stereocenters. The molecule has 1 amide bonds. The van der Waals surface area contributed by atoms with Crippen LogP contribution in [0.5, 0.6) is 0 Å². The van der Waals surface area contributed by atoms with E-state index in [0.29, 0.717) is 21.4 Å². The van der Waals surface area contributed by atoms with Crippen molar-refractivity contribution in [2.45, 2.75) is 26.3 Å². The first-order valence-corrected chi connectivity index (χ1v) is 8.51. The zero-order valence-corrected chi connectivity index (χ0v) is 15.2. The third kappa shape index (κ3) is 5.22. The fraction of sp³-hybridized carbons (Fsp3) is 0.222. The van der Waals surface area contributed by atoms with E-state index in [1.165, 1.54) is 0 Å². The third-order valence-electron chi connectivity index (χ3n) is 3.51. The summed E-state index contributed by atoms with van der Waals surface area (Å²) in [5.74, 6) is -0.123. The van der Waals surface area contributed by atoms with E-state index in [2.05, 4.69) is 16.0 Å². The van der Waals surface area contributed by atoms with Gasteiger partial charge in [0.05, 0.1) is 11.3 Å². The molecule has 0 heterocycles. The fourth-order valence-electron chi connectivity index (χ4n) is 2.01. The van der Waals surface area contributed by atoms with Crippen LogP contribution in [-0.2, 0) is 0 Å². The summed E-state index contributed by atoms with van der Waals surface area (Å²) in [4.78, 5) is 12.4. The van der Waals surface area contributed by atoms with Gasteiger partial charge in [-0.15, -0.1) is 0 Å². The van der Waals surface area contributed by atoms with E-state index in [9.17, 15) is 4.79 Å². The number of thiocarbonyl (C=S) groups is 1. The molecule has 0 bridgehead atoms. The molecule has 3 N–H and O–H groups in total. The molecule has 0 aromatic heterocycles. The van der Waals surface area contributed by atoms with Crippen LogP contribution in [-0.4, -0.2) is 17.1 Å². The maximum Gasteiger partial charge on any atom is 0.253 e. The van der Waals surface area contributed by atoms with Gasteiger partial charge in [-0.25, -0.2) is 0 Å². The highest BCUT2D eigenvalue weighted by Crippen LogP contribution is 2.17. The summed E-state index contributed by atoms with van der Waals surface area (Å²) in [7, 11) is 0. The number of carbonyl (C=O) groups excluding carboxylic acids is 1. The molecular formula is C18H20ClN3OS. The van der Waals surface area contributed by atoms with Crippen molar-refractivity contribution < 1.29 is 4.79 Å². The molecule has 0 aliphatic heterocycles. The van der Waals surface area contributed by atoms with Crippen LogP contribution in [0.25, 0.3) is 0 Å². The van der Waals surface area contributed by atoms with Crippen LogP contribution in [0.2, 0.25) is 5.02 Å². The van der Waals surface area contributed by atoms with E-state index in [1.54, 1.807) is 18.2 Å². The molecule has 0 aliphatic carbocycles. The molecule has 24 heavy (non-hydrogen) atoms. The lowest BCUT2D eigenvalue weighted by molar-refractivity contribution is 0.0940. The molecule has 0 unspecified atom stereocenters. The number of halogens is 1. The first-order valence-electron chi connectivity index (χ1n) is 7.73. The molecule has 126 valence electrons. The Bertz CT molecular complexity index is 718. The summed E-state index contributed by atoms with van der Waals surface area (Å²) < 4.78 is 0. The van der Waals surface area contributed by atoms with E-state index in [0.717, 1.165) is 12.1 Å². The van der Waals surface area contributed by atoms with Crippen molar-refractivity contribution in [1.82, 2.24) is 5.32 Å². The van der Waals surface area contributed by atoms with Crippen LogP contribution in [0.1, 0.15) is 30.6 Å². The fourth-order valence-corrected chi connectivity index (χ4v) is 2.37. The van der Waals surface area contributed by atoms with Gasteiger partial charge in [0, 0.05) is 16.8 Å². The van der Waals surface area contributed by atoms with Crippen molar-refractivity contribution in [3.8, 4) is 0 Å². The highest BCUT2D eigenvalue weighted by molar-refractivity contribution is 7.80. The van der Waals surface area contributed by atoms with Gasteiger partial charge in [0.2, 0.25) is 0 Å². The van der Waals surface area contributed by atoms with Crippen molar-refractivity contribution in [3.05, 3.63) is 59.1 Å². The molecule has 0 aliphatic rings. The zero-order chi connectivity index (χ0) is 17.5. The number of hydrogen-bond donors (Lipinski definition) is 3. The van der Waals surface area contributed by atoms with E-state index >= 15 is 0 Å². The van der Waals surface area contributed by atoms with Gasteiger partial charge in [0.1, 0.15) is 0 Å². The van der Waals surface area contributed by atoms with Crippen LogP contribution in [0.15, 0.2) is 48.5 Å². The summed E-state index contributed by atoms with van der Waals surface area (Å²) in [6, 6.07) is 14.6. The quantitative estimate of drug-likeness (QED) is 0.677. The number of para-hydroxylation sites is 1. The molecule has 0 fully saturated rings. The summed E-state index contributed by atoms with van der Waals surface area (Å²) in [6.45, 7) is 4.00. The molecule has 6 heteroatoms. The Hall–Kier alpha value is -2.11. The number of carbonyl (C=O) groups is 1. The standard InChI is InChI=1S/C18H20ClN3OS/c1-3-12(2)20-17(23)15-6-4-5-7-16(15)22-18(24)21-14-10-8-13(19)9-11-14/h4-12H,3H2,1-2H3,(H,20,23)(H2,21,22,24)/t12-/m0/s1. The van der Waals surface area contributed by atoms with E-state index in [4.69, 9.17) is 23.8 Å². The normalized spacial score (nSPS) is 11.5. The van der Waals surface area contributed by atoms with Crippen LogP contribution < -0.4 is 16.0 Å². The number of amides is 1. The van der Waals surface area contributed by atoms with Gasteiger partial charge in [-0.3, -0.25) is 4.79 Å². The lowest BCUT2D eigenvalue weighted by Gasteiger charge is -2.16. The number of hydrogen-bond acceptors (Lipinski definition) is 2. The van der Waals surface area contributed by atoms with E-state index in [1.807, 2.05) is 44.2 Å². The molecule has 2 rings (SSSR count). The van der Waals surface area contributed by atoms with Crippen molar-refractivity contribution in [3.63, 3.8) is 0 Å². The Kier molecular flexibility index (Phi) is 6.58. The number of rotatable bonds is 5. The Balaban J connectivity index is 2.07. The number of anilines is 2. The summed E-state index contributed by atoms with van der Waals surface area (Å²) in [5, 5.41) is 10.2. The van der Waals surface area contributed by atoms with Gasteiger partial charge in [0.15, 0.2) is 5.11 Å². The molecule has 0 radical (unpaired) electrons. The average molecular weight is 362 g/mol. The Labute approximate surface area is 152 Å². The molecule has 0 spiro atoms. The molecule has 0 saturated carbocycles. The second-order valence-electron chi connectivity index (χ2n) is 5.41. The molecule has 0 saturated heterocycles. The van der Waals surface area contributed by atoms with Crippen LogP contribution in [0.3, 0.4) is 0 Å². The minimum absolute atomic E-state index is 0.115. The van der Waals surface area contributed by atoms with E-state index in [-0.39, 0.29) is 11.9 Å². The van der Waals surface area contributed by atoms with Gasteiger partial charge < -0.3 is 16.0 Å². The minimum atomic E-state index is -0.123. The lowest BCUT2D eigenvalue weighted by Crippen LogP contribution is -2.32. The SMILES string of the molecule is CC[C@H](C)NC(=O)c1ccccc1NC(=S)Nc1ccc(Cl)cc1.